The molecule has 0 atom stereocenters. The molecule has 1 aromatic carbocycles. The highest BCUT2D eigenvalue weighted by atomic mass is 15.3. The summed E-state index contributed by atoms with van der Waals surface area (Å²) in [5.74, 6) is 1.49. The van der Waals surface area contributed by atoms with Gasteiger partial charge in [0.2, 0.25) is 0 Å². The van der Waals surface area contributed by atoms with E-state index in [0.29, 0.717) is 12.5 Å². The number of nitrogens with one attached hydrogen (secondary N) is 1. The smallest absolute Gasteiger partial charge is 0.191 e. The van der Waals surface area contributed by atoms with Gasteiger partial charge in [0.05, 0.1) is 6.54 Å². The third-order valence-corrected chi connectivity index (χ3v) is 4.10. The van der Waals surface area contributed by atoms with Gasteiger partial charge in [0.1, 0.15) is 0 Å². The summed E-state index contributed by atoms with van der Waals surface area (Å²) in [4.78, 5) is 10.1. The molecule has 0 unspecified atom stereocenters. The number of rotatable bonds is 2. The monoisotopic (exact) mass is 270 g/mol. The quantitative estimate of drug-likeness (QED) is 0.651. The van der Waals surface area contributed by atoms with Gasteiger partial charge in [0.25, 0.3) is 0 Å². The molecule has 20 heavy (non-hydrogen) atoms. The molecular formula is C16H22N4. The number of hydrogen-bond donors (Lipinski definition) is 2. The fraction of sp³-hybridized carbons (Fsp3) is 0.438. The highest BCUT2D eigenvalue weighted by Gasteiger charge is 2.16. The lowest BCUT2D eigenvalue weighted by atomic mass is 10.00. The van der Waals surface area contributed by atoms with E-state index in [1.54, 1.807) is 0 Å². The number of benzene rings is 1. The number of aromatic nitrogens is 1. The van der Waals surface area contributed by atoms with Crippen molar-refractivity contribution in [3.63, 3.8) is 0 Å². The van der Waals surface area contributed by atoms with Crippen molar-refractivity contribution in [2.75, 3.05) is 13.1 Å². The molecule has 0 saturated carbocycles. The number of para-hydroxylation sites is 1. The summed E-state index contributed by atoms with van der Waals surface area (Å²) in [6.45, 7) is 4.98. The van der Waals surface area contributed by atoms with E-state index in [0.717, 1.165) is 30.2 Å². The number of piperidine rings is 1. The minimum atomic E-state index is 0.618. The van der Waals surface area contributed by atoms with Gasteiger partial charge in [-0.15, -0.1) is 0 Å². The molecule has 2 heterocycles. The predicted molar refractivity (Wildman–Crippen MR) is 83.6 cm³/mol. The molecule has 2 aromatic rings. The van der Waals surface area contributed by atoms with Gasteiger partial charge >= 0.3 is 0 Å². The first-order chi connectivity index (χ1) is 9.72. The second-order valence-corrected chi connectivity index (χ2v) is 5.73. The molecular weight excluding hydrogens is 248 g/mol. The third kappa shape index (κ3) is 2.79. The van der Waals surface area contributed by atoms with E-state index in [1.165, 1.54) is 18.2 Å². The fourth-order valence-electron chi connectivity index (χ4n) is 2.72. The van der Waals surface area contributed by atoms with Crippen LogP contribution in [-0.4, -0.2) is 28.9 Å². The maximum absolute atomic E-state index is 6.10. The Kier molecular flexibility index (Phi) is 3.63. The highest BCUT2D eigenvalue weighted by Crippen LogP contribution is 2.17. The molecule has 1 aliphatic rings. The molecule has 4 heteroatoms. The molecule has 3 rings (SSSR count). The van der Waals surface area contributed by atoms with Crippen molar-refractivity contribution < 1.29 is 0 Å². The Balaban J connectivity index is 1.66. The average molecular weight is 270 g/mol. The average Bonchev–Trinajstić information content (AvgIpc) is 2.88. The number of H-pyrrole nitrogens is 1. The van der Waals surface area contributed by atoms with Gasteiger partial charge in [-0.2, -0.15) is 0 Å². The lowest BCUT2D eigenvalue weighted by molar-refractivity contribution is 0.277. The van der Waals surface area contributed by atoms with Gasteiger partial charge in [-0.05, 0) is 36.3 Å². The third-order valence-electron chi connectivity index (χ3n) is 4.10. The van der Waals surface area contributed by atoms with Crippen LogP contribution in [0.1, 0.15) is 25.5 Å². The second-order valence-electron chi connectivity index (χ2n) is 5.73. The number of aromatic amines is 1. The molecule has 3 N–H and O–H groups in total. The summed E-state index contributed by atoms with van der Waals surface area (Å²) in [5, 5.41) is 1.23. The molecule has 4 nitrogen and oxygen atoms in total. The number of aliphatic imine (C=N–C) groups is 1. The first-order valence-electron chi connectivity index (χ1n) is 7.34. The molecule has 0 spiro atoms. The number of fused-ring (bicyclic) bond motifs is 1. The Hall–Kier alpha value is -1.97. The SMILES string of the molecule is CC1CCN(C(N)=NCc2cc3ccccc3[nH]2)CC1. The maximum Gasteiger partial charge on any atom is 0.191 e. The van der Waals surface area contributed by atoms with Crippen molar-refractivity contribution in [1.29, 1.82) is 0 Å². The van der Waals surface area contributed by atoms with E-state index in [-0.39, 0.29) is 0 Å². The van der Waals surface area contributed by atoms with Crippen molar-refractivity contribution in [2.45, 2.75) is 26.3 Å². The Morgan fingerprint density at radius 2 is 2.10 bits per heavy atom. The van der Waals surface area contributed by atoms with Crippen molar-refractivity contribution in [2.24, 2.45) is 16.6 Å². The van der Waals surface area contributed by atoms with Gasteiger partial charge < -0.3 is 15.6 Å². The van der Waals surface area contributed by atoms with Crippen LogP contribution in [0.4, 0.5) is 0 Å². The lowest BCUT2D eigenvalue weighted by Crippen LogP contribution is -2.42. The number of nitrogens with zero attached hydrogens (tertiary/aromatic N) is 2. The van der Waals surface area contributed by atoms with Crippen molar-refractivity contribution in [3.8, 4) is 0 Å². The van der Waals surface area contributed by atoms with Crippen LogP contribution in [0.3, 0.4) is 0 Å². The van der Waals surface area contributed by atoms with E-state index in [2.05, 4.69) is 40.0 Å². The summed E-state index contributed by atoms with van der Waals surface area (Å²) in [6.07, 6.45) is 2.42. The predicted octanol–water partition coefficient (Wildman–Crippen LogP) is 2.71. The van der Waals surface area contributed by atoms with Crippen LogP contribution in [0.2, 0.25) is 0 Å². The number of nitrogens with two attached hydrogens (primary N) is 1. The zero-order chi connectivity index (χ0) is 13.9. The van der Waals surface area contributed by atoms with Crippen LogP contribution in [0.25, 0.3) is 10.9 Å². The minimum Gasteiger partial charge on any atom is -0.370 e. The summed E-state index contributed by atoms with van der Waals surface area (Å²) in [5.41, 5.74) is 8.36. The Labute approximate surface area is 119 Å². The summed E-state index contributed by atoms with van der Waals surface area (Å²) >= 11 is 0. The van der Waals surface area contributed by atoms with Crippen molar-refractivity contribution in [1.82, 2.24) is 9.88 Å². The van der Waals surface area contributed by atoms with Gasteiger partial charge in [-0.1, -0.05) is 25.1 Å². The molecule has 1 aromatic heterocycles. The van der Waals surface area contributed by atoms with Crippen LogP contribution < -0.4 is 5.73 Å². The van der Waals surface area contributed by atoms with E-state index in [9.17, 15) is 0 Å². The standard InChI is InChI=1S/C16H22N4/c1-12-6-8-20(9-7-12)16(17)18-11-14-10-13-4-2-3-5-15(13)19-14/h2-5,10,12,19H,6-9,11H2,1H3,(H2,17,18). The largest absolute Gasteiger partial charge is 0.370 e. The first-order valence-corrected chi connectivity index (χ1v) is 7.34. The van der Waals surface area contributed by atoms with Gasteiger partial charge in [-0.25, -0.2) is 4.99 Å². The Morgan fingerprint density at radius 3 is 2.85 bits per heavy atom. The molecule has 0 amide bonds. The molecule has 1 saturated heterocycles. The van der Waals surface area contributed by atoms with Gasteiger partial charge in [0.15, 0.2) is 5.96 Å². The van der Waals surface area contributed by atoms with E-state index < -0.39 is 0 Å². The topological polar surface area (TPSA) is 57.4 Å². The van der Waals surface area contributed by atoms with Crippen LogP contribution >= 0.6 is 0 Å². The van der Waals surface area contributed by atoms with Crippen LogP contribution in [-0.2, 0) is 6.54 Å². The summed E-state index contributed by atoms with van der Waals surface area (Å²) in [7, 11) is 0. The molecule has 1 aliphatic heterocycles. The second kappa shape index (κ2) is 5.57. The Bertz CT molecular complexity index is 573. The zero-order valence-electron chi connectivity index (χ0n) is 12.0. The van der Waals surface area contributed by atoms with Gasteiger partial charge in [0, 0.05) is 24.3 Å². The summed E-state index contributed by atoms with van der Waals surface area (Å²) in [6, 6.07) is 10.4. The summed E-state index contributed by atoms with van der Waals surface area (Å²) < 4.78 is 0. The van der Waals surface area contributed by atoms with Crippen molar-refractivity contribution >= 4 is 16.9 Å². The molecule has 1 fully saturated rings. The molecule has 0 aliphatic carbocycles. The number of hydrogen-bond acceptors (Lipinski definition) is 1. The zero-order valence-corrected chi connectivity index (χ0v) is 12.0. The van der Waals surface area contributed by atoms with Crippen molar-refractivity contribution in [3.05, 3.63) is 36.0 Å². The van der Waals surface area contributed by atoms with Gasteiger partial charge in [-0.3, -0.25) is 0 Å². The van der Waals surface area contributed by atoms with Crippen LogP contribution in [0.5, 0.6) is 0 Å². The Morgan fingerprint density at radius 1 is 1.35 bits per heavy atom. The molecule has 0 bridgehead atoms. The number of guanidine groups is 1. The maximum atomic E-state index is 6.10. The fourth-order valence-corrected chi connectivity index (χ4v) is 2.72. The molecule has 0 radical (unpaired) electrons. The minimum absolute atomic E-state index is 0.618. The van der Waals surface area contributed by atoms with E-state index in [1.807, 2.05) is 12.1 Å². The van der Waals surface area contributed by atoms with E-state index >= 15 is 0 Å². The van der Waals surface area contributed by atoms with Crippen LogP contribution in [0, 0.1) is 5.92 Å². The highest BCUT2D eigenvalue weighted by molar-refractivity contribution is 5.81. The molecule has 106 valence electrons. The van der Waals surface area contributed by atoms with Crippen LogP contribution in [0.15, 0.2) is 35.3 Å². The van der Waals surface area contributed by atoms with E-state index in [4.69, 9.17) is 5.73 Å². The normalized spacial score (nSPS) is 17.9. The number of likely N-dealkylation sites (tertiary alicyclic amines) is 1. The lowest BCUT2D eigenvalue weighted by Gasteiger charge is -2.30. The first kappa shape index (κ1) is 13.0.